The Morgan fingerprint density at radius 3 is 2.45 bits per heavy atom. The number of likely N-dealkylation sites (tertiary alicyclic amines) is 1. The lowest BCUT2D eigenvalue weighted by atomic mass is 9.96. The monoisotopic (exact) mass is 443 g/mol. The van der Waals surface area contributed by atoms with Crippen LogP contribution in [0.3, 0.4) is 0 Å². The Hall–Kier alpha value is -3.07. The van der Waals surface area contributed by atoms with Crippen LogP contribution in [0.4, 0.5) is 5.69 Å². The van der Waals surface area contributed by atoms with Crippen LogP contribution in [-0.4, -0.2) is 51.9 Å². The van der Waals surface area contributed by atoms with Gasteiger partial charge in [0.25, 0.3) is 15.9 Å². The number of benzene rings is 2. The number of methoxy groups -OCH3 is 1. The first-order chi connectivity index (χ1) is 14.8. The molecule has 0 spiro atoms. The zero-order chi connectivity index (χ0) is 22.2. The van der Waals surface area contributed by atoms with Gasteiger partial charge in [0.15, 0.2) is 0 Å². The SMILES string of the molecule is COc1ccc(S(=O)(=O)N2CCc3ccccc32)cc1C(=O)N1CCC(C(N)=O)CC1. The predicted molar refractivity (Wildman–Crippen MR) is 115 cm³/mol. The lowest BCUT2D eigenvalue weighted by Gasteiger charge is -2.31. The Morgan fingerprint density at radius 1 is 1.06 bits per heavy atom. The molecule has 1 fully saturated rings. The van der Waals surface area contributed by atoms with Gasteiger partial charge in [-0.2, -0.15) is 0 Å². The van der Waals surface area contributed by atoms with Crippen LogP contribution in [0.15, 0.2) is 47.4 Å². The number of fused-ring (bicyclic) bond motifs is 1. The maximum atomic E-state index is 13.4. The summed E-state index contributed by atoms with van der Waals surface area (Å²) in [5.41, 5.74) is 7.21. The van der Waals surface area contributed by atoms with Crippen molar-refractivity contribution >= 4 is 27.5 Å². The Kier molecular flexibility index (Phi) is 5.62. The molecule has 164 valence electrons. The summed E-state index contributed by atoms with van der Waals surface area (Å²) in [5.74, 6) is -0.613. The van der Waals surface area contributed by atoms with Gasteiger partial charge in [0.05, 0.1) is 23.3 Å². The van der Waals surface area contributed by atoms with Crippen LogP contribution in [-0.2, 0) is 21.2 Å². The van der Waals surface area contributed by atoms with E-state index in [0.717, 1.165) is 5.56 Å². The van der Waals surface area contributed by atoms with E-state index in [1.807, 2.05) is 18.2 Å². The molecule has 0 bridgehead atoms. The number of nitrogens with zero attached hydrogens (tertiary/aromatic N) is 2. The largest absolute Gasteiger partial charge is 0.496 e. The van der Waals surface area contributed by atoms with Crippen molar-refractivity contribution in [2.75, 3.05) is 31.0 Å². The van der Waals surface area contributed by atoms with Crippen molar-refractivity contribution in [2.45, 2.75) is 24.2 Å². The summed E-state index contributed by atoms with van der Waals surface area (Å²) in [6.45, 7) is 1.12. The Morgan fingerprint density at radius 2 is 1.77 bits per heavy atom. The molecule has 31 heavy (non-hydrogen) atoms. The van der Waals surface area contributed by atoms with Crippen LogP contribution < -0.4 is 14.8 Å². The first kappa shape index (κ1) is 21.2. The van der Waals surface area contributed by atoms with Gasteiger partial charge < -0.3 is 15.4 Å². The van der Waals surface area contributed by atoms with Crippen LogP contribution in [0, 0.1) is 5.92 Å². The van der Waals surface area contributed by atoms with Crippen LogP contribution >= 0.6 is 0 Å². The van der Waals surface area contributed by atoms with Crippen molar-refractivity contribution < 1.29 is 22.7 Å². The highest BCUT2D eigenvalue weighted by Gasteiger charge is 2.33. The number of primary amides is 1. The van der Waals surface area contributed by atoms with Crippen LogP contribution in [0.5, 0.6) is 5.75 Å². The number of nitrogens with two attached hydrogens (primary N) is 1. The molecule has 8 nitrogen and oxygen atoms in total. The van der Waals surface area contributed by atoms with Crippen molar-refractivity contribution in [1.82, 2.24) is 4.90 Å². The molecule has 0 radical (unpaired) electrons. The summed E-state index contributed by atoms with van der Waals surface area (Å²) in [5, 5.41) is 0. The average molecular weight is 444 g/mol. The van der Waals surface area contributed by atoms with Crippen LogP contribution in [0.25, 0.3) is 0 Å². The summed E-state index contributed by atoms with van der Waals surface area (Å²) in [4.78, 5) is 26.2. The molecular weight excluding hydrogens is 418 g/mol. The van der Waals surface area contributed by atoms with Crippen molar-refractivity contribution in [3.63, 3.8) is 0 Å². The first-order valence-electron chi connectivity index (χ1n) is 10.2. The zero-order valence-electron chi connectivity index (χ0n) is 17.3. The van der Waals surface area contributed by atoms with Gasteiger partial charge >= 0.3 is 0 Å². The standard InChI is InChI=1S/C22H25N3O5S/c1-30-20-7-6-17(31(28,29)25-13-10-15-4-2-3-5-19(15)25)14-18(20)22(27)24-11-8-16(9-12-24)21(23)26/h2-7,14,16H,8-13H2,1H3,(H2,23,26). The Labute approximate surface area is 181 Å². The molecule has 9 heteroatoms. The molecule has 2 amide bonds. The highest BCUT2D eigenvalue weighted by molar-refractivity contribution is 7.92. The van der Waals surface area contributed by atoms with E-state index in [4.69, 9.17) is 10.5 Å². The van der Waals surface area contributed by atoms with E-state index in [2.05, 4.69) is 0 Å². The van der Waals surface area contributed by atoms with E-state index >= 15 is 0 Å². The van der Waals surface area contributed by atoms with Crippen molar-refractivity contribution in [3.05, 3.63) is 53.6 Å². The normalized spacial score (nSPS) is 16.8. The minimum Gasteiger partial charge on any atom is -0.496 e. The van der Waals surface area contributed by atoms with Crippen molar-refractivity contribution in [3.8, 4) is 5.75 Å². The number of ether oxygens (including phenoxy) is 1. The highest BCUT2D eigenvalue weighted by Crippen LogP contribution is 2.34. The van der Waals surface area contributed by atoms with Gasteiger partial charge in [-0.3, -0.25) is 13.9 Å². The minimum atomic E-state index is -3.84. The summed E-state index contributed by atoms with van der Waals surface area (Å²) in [7, 11) is -2.40. The number of carbonyl (C=O) groups excluding carboxylic acids is 2. The fourth-order valence-electron chi connectivity index (χ4n) is 4.24. The highest BCUT2D eigenvalue weighted by atomic mass is 32.2. The Balaban J connectivity index is 1.64. The van der Waals surface area contributed by atoms with Gasteiger partial charge in [-0.1, -0.05) is 18.2 Å². The third-order valence-electron chi connectivity index (χ3n) is 6.02. The van der Waals surface area contributed by atoms with Gasteiger partial charge in [0, 0.05) is 25.6 Å². The van der Waals surface area contributed by atoms with Crippen LogP contribution in [0.2, 0.25) is 0 Å². The molecule has 2 aromatic carbocycles. The summed E-state index contributed by atoms with van der Waals surface area (Å²) < 4.78 is 33.5. The van der Waals surface area contributed by atoms with E-state index in [9.17, 15) is 18.0 Å². The maximum absolute atomic E-state index is 13.4. The van der Waals surface area contributed by atoms with Gasteiger partial charge in [0.1, 0.15) is 5.75 Å². The number of rotatable bonds is 5. The number of sulfonamides is 1. The molecular formula is C22H25N3O5S. The van der Waals surface area contributed by atoms with Crippen LogP contribution in [0.1, 0.15) is 28.8 Å². The number of amides is 2. The number of para-hydroxylation sites is 1. The second-order valence-corrected chi connectivity index (χ2v) is 9.65. The zero-order valence-corrected chi connectivity index (χ0v) is 18.1. The third kappa shape index (κ3) is 3.85. The first-order valence-corrected chi connectivity index (χ1v) is 11.6. The fraction of sp³-hybridized carbons (Fsp3) is 0.364. The van der Waals surface area contributed by atoms with Crippen molar-refractivity contribution in [1.29, 1.82) is 0 Å². The molecule has 2 heterocycles. The molecule has 0 unspecified atom stereocenters. The van der Waals surface area contributed by atoms with Gasteiger partial charge in [0.2, 0.25) is 5.91 Å². The topological polar surface area (TPSA) is 110 Å². The number of anilines is 1. The minimum absolute atomic E-state index is 0.0420. The van der Waals surface area contributed by atoms with E-state index < -0.39 is 10.0 Å². The molecule has 0 atom stereocenters. The summed E-state index contributed by atoms with van der Waals surface area (Å²) in [6, 6.07) is 11.8. The van der Waals surface area contributed by atoms with Gasteiger partial charge in [-0.15, -0.1) is 0 Å². The molecule has 4 rings (SSSR count). The lowest BCUT2D eigenvalue weighted by molar-refractivity contribution is -0.123. The quantitative estimate of drug-likeness (QED) is 0.758. The van der Waals surface area contributed by atoms with Gasteiger partial charge in [-0.25, -0.2) is 8.42 Å². The molecule has 0 saturated carbocycles. The van der Waals surface area contributed by atoms with E-state index in [-0.39, 0.29) is 28.2 Å². The average Bonchev–Trinajstić information content (AvgIpc) is 3.23. The second-order valence-electron chi connectivity index (χ2n) is 7.79. The van der Waals surface area contributed by atoms with Crippen molar-refractivity contribution in [2.24, 2.45) is 11.7 Å². The number of hydrogen-bond acceptors (Lipinski definition) is 5. The van der Waals surface area contributed by atoms with Gasteiger partial charge in [-0.05, 0) is 49.1 Å². The summed E-state index contributed by atoms with van der Waals surface area (Å²) >= 11 is 0. The number of carbonyl (C=O) groups is 2. The molecule has 0 aromatic heterocycles. The smallest absolute Gasteiger partial charge is 0.264 e. The Bertz CT molecular complexity index is 1120. The van der Waals surface area contributed by atoms with E-state index in [1.54, 1.807) is 11.0 Å². The maximum Gasteiger partial charge on any atom is 0.264 e. The lowest BCUT2D eigenvalue weighted by Crippen LogP contribution is -2.41. The predicted octanol–water partition coefficient (Wildman–Crippen LogP) is 1.78. The summed E-state index contributed by atoms with van der Waals surface area (Å²) in [6.07, 6.45) is 1.63. The third-order valence-corrected chi connectivity index (χ3v) is 7.83. The fourth-order valence-corrected chi connectivity index (χ4v) is 5.77. The van der Waals surface area contributed by atoms with E-state index in [1.165, 1.54) is 29.6 Å². The molecule has 2 N–H and O–H groups in total. The second kappa shape index (κ2) is 8.22. The molecule has 2 aliphatic rings. The number of piperidine rings is 1. The van der Waals surface area contributed by atoms with E-state index in [0.29, 0.717) is 50.3 Å². The molecule has 2 aromatic rings. The molecule has 1 saturated heterocycles. The molecule has 2 aliphatic heterocycles. The number of hydrogen-bond donors (Lipinski definition) is 1. The molecule has 0 aliphatic carbocycles.